The second kappa shape index (κ2) is 15.7. The Labute approximate surface area is 272 Å². The average Bonchev–Trinajstić information content (AvgIpc) is 3.11. The highest BCUT2D eigenvalue weighted by Crippen LogP contribution is 2.32. The Kier molecular flexibility index (Phi) is 10.8. The van der Waals surface area contributed by atoms with Crippen LogP contribution in [0.2, 0.25) is 0 Å². The summed E-state index contributed by atoms with van der Waals surface area (Å²) in [5, 5.41) is 0. The van der Waals surface area contributed by atoms with Gasteiger partial charge in [-0.25, -0.2) is 0 Å². The van der Waals surface area contributed by atoms with E-state index in [1.807, 2.05) is 98.8 Å². The van der Waals surface area contributed by atoms with Gasteiger partial charge >= 0.3 is 0 Å². The number of hydrogen-bond acceptors (Lipinski definition) is 6. The van der Waals surface area contributed by atoms with Crippen molar-refractivity contribution in [1.82, 2.24) is 0 Å². The number of nitrogens with zero attached hydrogens (tertiary/aromatic N) is 2. The predicted molar refractivity (Wildman–Crippen MR) is 193 cm³/mol. The molecule has 0 bridgehead atoms. The Hall–Kier alpha value is -5.88. The highest BCUT2D eigenvalue weighted by atomic mass is 16.5. The standard InChI is InChI=1S/C38H34N4O2.C2H6/c39-29-11-19-35(20-12-29)43-37-23-15-33(16-24-37)41(31-7-3-1-4-8-31)27-28-42(32-9-5-2-6-10-32)34-17-25-38(26-18-34)44-36-21-13-30(40)14-22-36;1-2/h1-26H,27-28,39-40H2;1-2H3. The lowest BCUT2D eigenvalue weighted by Crippen LogP contribution is -2.30. The van der Waals surface area contributed by atoms with Crippen molar-refractivity contribution >= 4 is 34.1 Å². The zero-order valence-electron chi connectivity index (χ0n) is 26.3. The summed E-state index contributed by atoms with van der Waals surface area (Å²) in [6, 6.07) is 52.0. The molecule has 6 aromatic carbocycles. The van der Waals surface area contributed by atoms with Crippen LogP contribution in [-0.2, 0) is 0 Å². The van der Waals surface area contributed by atoms with Crippen LogP contribution in [0.25, 0.3) is 0 Å². The number of ether oxygens (including phenoxy) is 2. The molecular formula is C40H40N4O2. The van der Waals surface area contributed by atoms with E-state index in [-0.39, 0.29) is 0 Å². The molecule has 0 aromatic heterocycles. The van der Waals surface area contributed by atoms with Gasteiger partial charge in [0.2, 0.25) is 0 Å². The molecule has 0 unspecified atom stereocenters. The fraction of sp³-hybridized carbons (Fsp3) is 0.100. The molecule has 46 heavy (non-hydrogen) atoms. The second-order valence-electron chi connectivity index (χ2n) is 10.3. The monoisotopic (exact) mass is 608 g/mol. The summed E-state index contributed by atoms with van der Waals surface area (Å²) >= 11 is 0. The van der Waals surface area contributed by atoms with Crippen LogP contribution in [0, 0.1) is 0 Å². The zero-order chi connectivity index (χ0) is 32.1. The van der Waals surface area contributed by atoms with Gasteiger partial charge in [0.25, 0.3) is 0 Å². The van der Waals surface area contributed by atoms with E-state index >= 15 is 0 Å². The van der Waals surface area contributed by atoms with Crippen LogP contribution in [0.15, 0.2) is 158 Å². The largest absolute Gasteiger partial charge is 0.457 e. The van der Waals surface area contributed by atoms with Gasteiger partial charge in [-0.05, 0) is 121 Å². The van der Waals surface area contributed by atoms with Gasteiger partial charge in [-0.2, -0.15) is 0 Å². The molecule has 0 aliphatic rings. The summed E-state index contributed by atoms with van der Waals surface area (Å²) in [6.45, 7) is 5.47. The maximum Gasteiger partial charge on any atom is 0.127 e. The summed E-state index contributed by atoms with van der Waals surface area (Å²) in [5.41, 5.74) is 17.4. The average molecular weight is 609 g/mol. The Bertz CT molecular complexity index is 1610. The lowest BCUT2D eigenvalue weighted by Gasteiger charge is -2.31. The molecule has 0 aliphatic heterocycles. The van der Waals surface area contributed by atoms with Crippen LogP contribution in [0.4, 0.5) is 34.1 Å². The summed E-state index contributed by atoms with van der Waals surface area (Å²) in [7, 11) is 0. The predicted octanol–water partition coefficient (Wildman–Crippen LogP) is 10.4. The summed E-state index contributed by atoms with van der Waals surface area (Å²) in [5.74, 6) is 3.02. The van der Waals surface area contributed by atoms with Crippen molar-refractivity contribution < 1.29 is 9.47 Å². The molecule has 0 heterocycles. The van der Waals surface area contributed by atoms with Gasteiger partial charge in [0.15, 0.2) is 0 Å². The molecule has 0 fully saturated rings. The van der Waals surface area contributed by atoms with Crippen LogP contribution < -0.4 is 30.7 Å². The third kappa shape index (κ3) is 8.39. The third-order valence-corrected chi connectivity index (χ3v) is 7.21. The van der Waals surface area contributed by atoms with Crippen LogP contribution in [0.5, 0.6) is 23.0 Å². The first-order chi connectivity index (χ1) is 22.6. The van der Waals surface area contributed by atoms with Gasteiger partial charge in [0, 0.05) is 47.2 Å². The van der Waals surface area contributed by atoms with E-state index in [4.69, 9.17) is 20.9 Å². The maximum atomic E-state index is 6.04. The van der Waals surface area contributed by atoms with Crippen molar-refractivity contribution in [3.05, 3.63) is 158 Å². The number of hydrogen-bond donors (Lipinski definition) is 2. The van der Waals surface area contributed by atoms with Crippen molar-refractivity contribution in [2.45, 2.75) is 13.8 Å². The van der Waals surface area contributed by atoms with Crippen molar-refractivity contribution in [2.24, 2.45) is 0 Å². The Balaban J connectivity index is 0.00000204. The van der Waals surface area contributed by atoms with Gasteiger partial charge < -0.3 is 30.7 Å². The normalized spacial score (nSPS) is 10.3. The molecule has 0 spiro atoms. The molecular weight excluding hydrogens is 568 g/mol. The lowest BCUT2D eigenvalue weighted by molar-refractivity contribution is 0.482. The molecule has 0 saturated heterocycles. The Morgan fingerprint density at radius 2 is 0.630 bits per heavy atom. The van der Waals surface area contributed by atoms with Crippen molar-refractivity contribution in [3.8, 4) is 23.0 Å². The van der Waals surface area contributed by atoms with Crippen molar-refractivity contribution in [3.63, 3.8) is 0 Å². The summed E-state index contributed by atoms with van der Waals surface area (Å²) < 4.78 is 12.1. The molecule has 0 atom stereocenters. The molecule has 0 amide bonds. The van der Waals surface area contributed by atoms with Crippen LogP contribution >= 0.6 is 0 Å². The minimum atomic E-state index is 0.707. The van der Waals surface area contributed by atoms with Gasteiger partial charge in [-0.1, -0.05) is 50.2 Å². The highest BCUT2D eigenvalue weighted by molar-refractivity contribution is 5.67. The lowest BCUT2D eigenvalue weighted by atomic mass is 10.2. The number of nitrogen functional groups attached to an aromatic ring is 2. The maximum absolute atomic E-state index is 6.04. The Morgan fingerprint density at radius 3 is 0.935 bits per heavy atom. The van der Waals surface area contributed by atoms with Gasteiger partial charge in [-0.3, -0.25) is 0 Å². The second-order valence-corrected chi connectivity index (χ2v) is 10.3. The Morgan fingerprint density at radius 1 is 0.370 bits per heavy atom. The first kappa shape index (κ1) is 31.5. The number of para-hydroxylation sites is 2. The fourth-order valence-corrected chi connectivity index (χ4v) is 4.96. The first-order valence-electron chi connectivity index (χ1n) is 15.5. The zero-order valence-corrected chi connectivity index (χ0v) is 26.3. The van der Waals surface area contributed by atoms with Crippen LogP contribution in [-0.4, -0.2) is 13.1 Å². The van der Waals surface area contributed by atoms with E-state index < -0.39 is 0 Å². The van der Waals surface area contributed by atoms with Gasteiger partial charge in [0.1, 0.15) is 23.0 Å². The van der Waals surface area contributed by atoms with Gasteiger partial charge in [-0.15, -0.1) is 0 Å². The third-order valence-electron chi connectivity index (χ3n) is 7.21. The van der Waals surface area contributed by atoms with Crippen LogP contribution in [0.3, 0.4) is 0 Å². The molecule has 0 saturated carbocycles. The first-order valence-corrected chi connectivity index (χ1v) is 15.5. The van der Waals surface area contributed by atoms with E-state index in [9.17, 15) is 0 Å². The molecule has 6 rings (SSSR count). The van der Waals surface area contributed by atoms with E-state index in [2.05, 4.69) is 82.6 Å². The fourth-order valence-electron chi connectivity index (χ4n) is 4.96. The number of benzene rings is 6. The number of nitrogens with two attached hydrogens (primary N) is 2. The quantitative estimate of drug-likeness (QED) is 0.143. The molecule has 6 heteroatoms. The highest BCUT2D eigenvalue weighted by Gasteiger charge is 2.15. The molecule has 232 valence electrons. The van der Waals surface area contributed by atoms with E-state index in [1.165, 1.54) is 0 Å². The minimum absolute atomic E-state index is 0.707. The minimum Gasteiger partial charge on any atom is -0.457 e. The SMILES string of the molecule is CC.Nc1ccc(Oc2ccc(N(CCN(c3ccccc3)c3ccc(Oc4ccc(N)cc4)cc3)c3ccccc3)cc2)cc1. The van der Waals surface area contributed by atoms with E-state index in [1.54, 1.807) is 0 Å². The smallest absolute Gasteiger partial charge is 0.127 e. The molecule has 6 aromatic rings. The van der Waals surface area contributed by atoms with Crippen LogP contribution in [0.1, 0.15) is 13.8 Å². The topological polar surface area (TPSA) is 77.0 Å². The molecule has 0 aliphatic carbocycles. The van der Waals surface area contributed by atoms with Crippen molar-refractivity contribution in [2.75, 3.05) is 34.4 Å². The molecule has 6 nitrogen and oxygen atoms in total. The van der Waals surface area contributed by atoms with E-state index in [0.717, 1.165) is 58.8 Å². The number of anilines is 6. The van der Waals surface area contributed by atoms with E-state index in [0.29, 0.717) is 11.4 Å². The summed E-state index contributed by atoms with van der Waals surface area (Å²) in [4.78, 5) is 4.64. The molecule has 4 N–H and O–H groups in total. The summed E-state index contributed by atoms with van der Waals surface area (Å²) in [6.07, 6.45) is 0. The number of rotatable bonds is 11. The van der Waals surface area contributed by atoms with Gasteiger partial charge in [0.05, 0.1) is 0 Å². The van der Waals surface area contributed by atoms with Crippen molar-refractivity contribution in [1.29, 1.82) is 0 Å². The molecule has 0 radical (unpaired) electrons.